The van der Waals surface area contributed by atoms with Gasteiger partial charge in [-0.25, -0.2) is 4.39 Å². The molecule has 2 nitrogen and oxygen atoms in total. The van der Waals surface area contributed by atoms with Gasteiger partial charge in [-0.15, -0.1) is 0 Å². The quantitative estimate of drug-likeness (QED) is 0.878. The number of anilines is 1. The van der Waals surface area contributed by atoms with Crippen LogP contribution in [0.5, 0.6) is 0 Å². The molecule has 0 aromatic heterocycles. The summed E-state index contributed by atoms with van der Waals surface area (Å²) in [6, 6.07) is 4.48. The molecule has 1 aromatic carbocycles. The highest BCUT2D eigenvalue weighted by Gasteiger charge is 2.40. The van der Waals surface area contributed by atoms with Gasteiger partial charge in [-0.2, -0.15) is 0 Å². The summed E-state index contributed by atoms with van der Waals surface area (Å²) < 4.78 is 13.0. The molecule has 1 aromatic rings. The molecule has 19 heavy (non-hydrogen) atoms. The summed E-state index contributed by atoms with van der Waals surface area (Å²) in [7, 11) is 0. The second kappa shape index (κ2) is 4.95. The van der Waals surface area contributed by atoms with Crippen molar-refractivity contribution in [3.8, 4) is 0 Å². The minimum atomic E-state index is -0.261. The van der Waals surface area contributed by atoms with Crippen LogP contribution < -0.4 is 5.32 Å². The molecule has 102 valence electrons. The molecule has 1 N–H and O–H groups in total. The van der Waals surface area contributed by atoms with E-state index in [0.717, 1.165) is 23.1 Å². The van der Waals surface area contributed by atoms with Crippen LogP contribution in [0.15, 0.2) is 18.2 Å². The number of amides is 1. The number of aryl methyl sites for hydroxylation is 1. The lowest BCUT2D eigenvalue weighted by atomic mass is 9.86. The van der Waals surface area contributed by atoms with Gasteiger partial charge in [-0.1, -0.05) is 6.42 Å². The van der Waals surface area contributed by atoms with Crippen molar-refractivity contribution in [2.24, 2.45) is 17.8 Å². The van der Waals surface area contributed by atoms with E-state index in [1.165, 1.54) is 37.8 Å². The monoisotopic (exact) mass is 261 g/mol. The van der Waals surface area contributed by atoms with E-state index in [9.17, 15) is 9.18 Å². The topological polar surface area (TPSA) is 29.1 Å². The molecule has 0 unspecified atom stereocenters. The fourth-order valence-electron chi connectivity index (χ4n) is 3.83. The normalized spacial score (nSPS) is 28.6. The highest BCUT2D eigenvalue weighted by atomic mass is 19.1. The van der Waals surface area contributed by atoms with Gasteiger partial charge in [0.15, 0.2) is 0 Å². The molecule has 0 spiro atoms. The zero-order valence-electron chi connectivity index (χ0n) is 11.3. The van der Waals surface area contributed by atoms with Gasteiger partial charge >= 0.3 is 0 Å². The lowest BCUT2D eigenvalue weighted by Crippen LogP contribution is -2.20. The lowest BCUT2D eigenvalue weighted by molar-refractivity contribution is -0.117. The Morgan fingerprint density at radius 3 is 2.84 bits per heavy atom. The number of benzene rings is 1. The van der Waals surface area contributed by atoms with Gasteiger partial charge < -0.3 is 5.32 Å². The Balaban J connectivity index is 1.59. The van der Waals surface area contributed by atoms with E-state index in [2.05, 4.69) is 5.32 Å². The second-order valence-electron chi connectivity index (χ2n) is 6.15. The molecule has 3 rings (SSSR count). The number of carbonyl (C=O) groups excluding carboxylic acids is 1. The van der Waals surface area contributed by atoms with Crippen LogP contribution in [0, 0.1) is 30.5 Å². The molecule has 0 saturated heterocycles. The average molecular weight is 261 g/mol. The van der Waals surface area contributed by atoms with Crippen LogP contribution in [0.25, 0.3) is 0 Å². The van der Waals surface area contributed by atoms with Crippen molar-refractivity contribution in [3.63, 3.8) is 0 Å². The number of hydrogen-bond acceptors (Lipinski definition) is 1. The van der Waals surface area contributed by atoms with E-state index in [4.69, 9.17) is 0 Å². The van der Waals surface area contributed by atoms with Crippen LogP contribution in [-0.4, -0.2) is 5.91 Å². The van der Waals surface area contributed by atoms with Crippen molar-refractivity contribution in [3.05, 3.63) is 29.6 Å². The molecule has 2 aliphatic rings. The Labute approximate surface area is 113 Å². The minimum absolute atomic E-state index is 0.0762. The van der Waals surface area contributed by atoms with Gasteiger partial charge in [0.2, 0.25) is 5.91 Å². The van der Waals surface area contributed by atoms with Crippen LogP contribution in [0.3, 0.4) is 0 Å². The van der Waals surface area contributed by atoms with E-state index in [1.807, 2.05) is 6.92 Å². The number of nitrogens with one attached hydrogen (secondary N) is 1. The fraction of sp³-hybridized carbons (Fsp3) is 0.562. The first kappa shape index (κ1) is 12.6. The number of halogens is 1. The smallest absolute Gasteiger partial charge is 0.224 e. The molecule has 0 heterocycles. The van der Waals surface area contributed by atoms with E-state index in [0.29, 0.717) is 12.3 Å². The first-order chi connectivity index (χ1) is 9.11. The van der Waals surface area contributed by atoms with E-state index in [1.54, 1.807) is 6.07 Å². The van der Waals surface area contributed by atoms with Gasteiger partial charge in [0.25, 0.3) is 0 Å². The molecule has 0 radical (unpaired) electrons. The summed E-state index contributed by atoms with van der Waals surface area (Å²) in [6.45, 7) is 1.82. The maximum Gasteiger partial charge on any atom is 0.224 e. The molecule has 1 amide bonds. The summed E-state index contributed by atoms with van der Waals surface area (Å²) in [5.41, 5.74) is 1.51. The number of rotatable bonds is 3. The number of carbonyl (C=O) groups is 1. The molecule has 2 aliphatic carbocycles. The molecule has 0 aliphatic heterocycles. The van der Waals surface area contributed by atoms with Crippen molar-refractivity contribution in [2.45, 2.75) is 39.0 Å². The number of fused-ring (bicyclic) bond motifs is 2. The van der Waals surface area contributed by atoms with Crippen molar-refractivity contribution >= 4 is 11.6 Å². The van der Waals surface area contributed by atoms with Crippen LogP contribution >= 0.6 is 0 Å². The summed E-state index contributed by atoms with van der Waals surface area (Å²) in [4.78, 5) is 12.1. The Kier molecular flexibility index (Phi) is 3.29. The summed E-state index contributed by atoms with van der Waals surface area (Å²) in [6.07, 6.45) is 5.84. The average Bonchev–Trinajstić information content (AvgIpc) is 2.95. The Bertz CT molecular complexity index is 500. The molecule has 3 atom stereocenters. The highest BCUT2D eigenvalue weighted by Crippen LogP contribution is 2.49. The number of hydrogen-bond donors (Lipinski definition) is 1. The maximum atomic E-state index is 13.0. The summed E-state index contributed by atoms with van der Waals surface area (Å²) in [5.74, 6) is 2.02. The predicted molar refractivity (Wildman–Crippen MR) is 73.3 cm³/mol. The minimum Gasteiger partial charge on any atom is -0.326 e. The van der Waals surface area contributed by atoms with E-state index in [-0.39, 0.29) is 11.7 Å². The third kappa shape index (κ3) is 2.65. The van der Waals surface area contributed by atoms with Crippen molar-refractivity contribution < 1.29 is 9.18 Å². The van der Waals surface area contributed by atoms with Gasteiger partial charge in [0.1, 0.15) is 5.82 Å². The predicted octanol–water partition coefficient (Wildman–Crippen LogP) is 3.90. The van der Waals surface area contributed by atoms with Crippen molar-refractivity contribution in [1.82, 2.24) is 0 Å². The Hall–Kier alpha value is -1.38. The first-order valence-corrected chi connectivity index (χ1v) is 7.18. The van der Waals surface area contributed by atoms with Gasteiger partial charge in [0, 0.05) is 12.1 Å². The van der Waals surface area contributed by atoms with Crippen LogP contribution in [0.2, 0.25) is 0 Å². The molecular weight excluding hydrogens is 241 g/mol. The van der Waals surface area contributed by atoms with Crippen molar-refractivity contribution in [1.29, 1.82) is 0 Å². The van der Waals surface area contributed by atoms with Crippen LogP contribution in [0.1, 0.15) is 37.7 Å². The zero-order valence-corrected chi connectivity index (χ0v) is 11.3. The van der Waals surface area contributed by atoms with Gasteiger partial charge in [-0.05, 0) is 67.7 Å². The maximum absolute atomic E-state index is 13.0. The molecule has 2 saturated carbocycles. The molecular formula is C16H20FNO. The van der Waals surface area contributed by atoms with E-state index < -0.39 is 0 Å². The third-order valence-electron chi connectivity index (χ3n) is 4.79. The second-order valence-corrected chi connectivity index (χ2v) is 6.15. The standard InChI is InChI=1S/C16H20FNO/c1-10-6-14(17)4-5-15(10)18-16(19)9-13-8-11-2-3-12(13)7-11/h4-6,11-13H,2-3,7-9H2,1H3,(H,18,19)/t11-,12-,13-/m0/s1. The third-order valence-corrected chi connectivity index (χ3v) is 4.79. The highest BCUT2D eigenvalue weighted by molar-refractivity contribution is 5.91. The van der Waals surface area contributed by atoms with Crippen LogP contribution in [0.4, 0.5) is 10.1 Å². The largest absolute Gasteiger partial charge is 0.326 e. The summed E-state index contributed by atoms with van der Waals surface area (Å²) >= 11 is 0. The van der Waals surface area contributed by atoms with Crippen molar-refractivity contribution in [2.75, 3.05) is 5.32 Å². The SMILES string of the molecule is Cc1cc(F)ccc1NC(=O)C[C@@H]1C[C@H]2CC[C@H]1C2. The van der Waals surface area contributed by atoms with E-state index >= 15 is 0 Å². The molecule has 3 heteroatoms. The van der Waals surface area contributed by atoms with Crippen LogP contribution in [-0.2, 0) is 4.79 Å². The Morgan fingerprint density at radius 2 is 2.21 bits per heavy atom. The lowest BCUT2D eigenvalue weighted by Gasteiger charge is -2.21. The zero-order chi connectivity index (χ0) is 13.4. The first-order valence-electron chi connectivity index (χ1n) is 7.18. The fourth-order valence-corrected chi connectivity index (χ4v) is 3.83. The molecule has 2 fully saturated rings. The molecule has 2 bridgehead atoms. The Morgan fingerprint density at radius 1 is 1.37 bits per heavy atom. The van der Waals surface area contributed by atoms with Gasteiger partial charge in [-0.3, -0.25) is 4.79 Å². The van der Waals surface area contributed by atoms with Gasteiger partial charge in [0.05, 0.1) is 0 Å². The summed E-state index contributed by atoms with van der Waals surface area (Å²) in [5, 5.41) is 2.92.